The maximum Gasteiger partial charge on any atom is 0.278 e. The Hall–Kier alpha value is -3.52. The highest BCUT2D eigenvalue weighted by Crippen LogP contribution is 2.37. The summed E-state index contributed by atoms with van der Waals surface area (Å²) < 4.78 is 21.6. The van der Waals surface area contributed by atoms with Gasteiger partial charge in [-0.05, 0) is 23.8 Å². The van der Waals surface area contributed by atoms with Gasteiger partial charge in [0.25, 0.3) is 11.8 Å². The third kappa shape index (κ3) is 3.89. The first kappa shape index (κ1) is 21.7. The summed E-state index contributed by atoms with van der Waals surface area (Å²) in [6.07, 6.45) is 0. The predicted octanol–water partition coefficient (Wildman–Crippen LogP) is 2.32. The van der Waals surface area contributed by atoms with Crippen molar-refractivity contribution in [1.29, 1.82) is 0 Å². The fourth-order valence-corrected chi connectivity index (χ4v) is 4.04. The van der Waals surface area contributed by atoms with E-state index in [1.165, 1.54) is 12.0 Å². The van der Waals surface area contributed by atoms with Crippen LogP contribution in [0.3, 0.4) is 0 Å². The van der Waals surface area contributed by atoms with Gasteiger partial charge in [-0.2, -0.15) is 0 Å². The van der Waals surface area contributed by atoms with Crippen molar-refractivity contribution in [2.45, 2.75) is 6.54 Å². The standard InChI is InChI=1S/C24H26N2O6/c1-29-18-7-5-4-6-17(18)15-26-23(27)21(16-8-9-19(30-2)20(14-16)31-3)22(24(26)28)25-10-12-32-13-11-25/h4-9,14H,10-13,15H2,1-3H3. The van der Waals surface area contributed by atoms with Gasteiger partial charge in [-0.1, -0.05) is 24.3 Å². The van der Waals surface area contributed by atoms with E-state index in [9.17, 15) is 9.59 Å². The molecule has 4 rings (SSSR count). The number of rotatable bonds is 7. The summed E-state index contributed by atoms with van der Waals surface area (Å²) in [5.41, 5.74) is 2.10. The molecular weight excluding hydrogens is 412 g/mol. The average molecular weight is 438 g/mol. The third-order valence-corrected chi connectivity index (χ3v) is 5.66. The van der Waals surface area contributed by atoms with Crippen molar-refractivity contribution in [3.05, 3.63) is 59.3 Å². The first-order valence-corrected chi connectivity index (χ1v) is 10.4. The molecule has 2 aromatic carbocycles. The number of ether oxygens (including phenoxy) is 4. The van der Waals surface area contributed by atoms with E-state index >= 15 is 0 Å². The Morgan fingerprint density at radius 3 is 2.22 bits per heavy atom. The van der Waals surface area contributed by atoms with Gasteiger partial charge in [-0.25, -0.2) is 0 Å². The summed E-state index contributed by atoms with van der Waals surface area (Å²) in [5.74, 6) is 0.984. The summed E-state index contributed by atoms with van der Waals surface area (Å²) in [7, 11) is 4.66. The number of nitrogens with zero attached hydrogens (tertiary/aromatic N) is 2. The molecule has 0 bridgehead atoms. The molecule has 0 aromatic heterocycles. The Morgan fingerprint density at radius 1 is 0.844 bits per heavy atom. The van der Waals surface area contributed by atoms with Crippen LogP contribution in [0, 0.1) is 0 Å². The van der Waals surface area contributed by atoms with Crippen LogP contribution in [-0.4, -0.2) is 69.2 Å². The zero-order chi connectivity index (χ0) is 22.7. The lowest BCUT2D eigenvalue weighted by atomic mass is 10.0. The zero-order valence-electron chi connectivity index (χ0n) is 18.4. The highest BCUT2D eigenvalue weighted by Gasteiger charge is 2.42. The monoisotopic (exact) mass is 438 g/mol. The van der Waals surface area contributed by atoms with Gasteiger partial charge in [0, 0.05) is 18.7 Å². The molecule has 2 aliphatic rings. The maximum absolute atomic E-state index is 13.6. The van der Waals surface area contributed by atoms with E-state index in [4.69, 9.17) is 18.9 Å². The molecule has 8 heteroatoms. The van der Waals surface area contributed by atoms with E-state index in [0.717, 1.165) is 5.56 Å². The number of amides is 2. The average Bonchev–Trinajstić information content (AvgIpc) is 3.09. The minimum atomic E-state index is -0.352. The van der Waals surface area contributed by atoms with Crippen LogP contribution in [0.2, 0.25) is 0 Å². The van der Waals surface area contributed by atoms with Crippen molar-refractivity contribution < 1.29 is 28.5 Å². The fraction of sp³-hybridized carbons (Fsp3) is 0.333. The Kier molecular flexibility index (Phi) is 6.32. The topological polar surface area (TPSA) is 77.5 Å². The summed E-state index contributed by atoms with van der Waals surface area (Å²) in [4.78, 5) is 30.4. The summed E-state index contributed by atoms with van der Waals surface area (Å²) in [6.45, 7) is 2.18. The van der Waals surface area contributed by atoms with Crippen molar-refractivity contribution in [3.63, 3.8) is 0 Å². The van der Waals surface area contributed by atoms with Gasteiger partial charge >= 0.3 is 0 Å². The summed E-state index contributed by atoms with van der Waals surface area (Å²) >= 11 is 0. The van der Waals surface area contributed by atoms with Crippen LogP contribution >= 0.6 is 0 Å². The smallest absolute Gasteiger partial charge is 0.278 e. The van der Waals surface area contributed by atoms with Crippen molar-refractivity contribution in [2.75, 3.05) is 47.6 Å². The maximum atomic E-state index is 13.6. The highest BCUT2D eigenvalue weighted by molar-refractivity contribution is 6.35. The quantitative estimate of drug-likeness (QED) is 0.614. The van der Waals surface area contributed by atoms with Gasteiger partial charge in [0.15, 0.2) is 11.5 Å². The molecule has 0 radical (unpaired) electrons. The highest BCUT2D eigenvalue weighted by atomic mass is 16.5. The molecule has 0 unspecified atom stereocenters. The van der Waals surface area contributed by atoms with Crippen LogP contribution in [0.4, 0.5) is 0 Å². The largest absolute Gasteiger partial charge is 0.496 e. The van der Waals surface area contributed by atoms with Crippen LogP contribution in [-0.2, 0) is 20.9 Å². The molecule has 8 nitrogen and oxygen atoms in total. The predicted molar refractivity (Wildman–Crippen MR) is 117 cm³/mol. The van der Waals surface area contributed by atoms with Crippen LogP contribution in [0.5, 0.6) is 17.2 Å². The molecule has 0 saturated carbocycles. The van der Waals surface area contributed by atoms with Gasteiger partial charge < -0.3 is 23.8 Å². The number of hydrogen-bond acceptors (Lipinski definition) is 7. The second kappa shape index (κ2) is 9.32. The third-order valence-electron chi connectivity index (χ3n) is 5.66. The molecule has 2 aliphatic heterocycles. The number of carbonyl (C=O) groups is 2. The van der Waals surface area contributed by atoms with Crippen molar-refractivity contribution in [3.8, 4) is 17.2 Å². The molecule has 0 N–H and O–H groups in total. The second-order valence-electron chi connectivity index (χ2n) is 7.40. The number of para-hydroxylation sites is 1. The van der Waals surface area contributed by atoms with Crippen LogP contribution in [0.25, 0.3) is 5.57 Å². The van der Waals surface area contributed by atoms with Gasteiger partial charge in [-0.3, -0.25) is 14.5 Å². The lowest BCUT2D eigenvalue weighted by Gasteiger charge is -2.29. The Labute approximate surface area is 186 Å². The first-order valence-electron chi connectivity index (χ1n) is 10.4. The zero-order valence-corrected chi connectivity index (χ0v) is 18.4. The Morgan fingerprint density at radius 2 is 1.53 bits per heavy atom. The number of benzene rings is 2. The molecule has 1 saturated heterocycles. The van der Waals surface area contributed by atoms with Crippen LogP contribution < -0.4 is 14.2 Å². The SMILES string of the molecule is COc1ccccc1CN1C(=O)C(c2ccc(OC)c(OC)c2)=C(N2CCOCC2)C1=O. The number of hydrogen-bond donors (Lipinski definition) is 0. The van der Waals surface area contributed by atoms with Gasteiger partial charge in [0.1, 0.15) is 11.4 Å². The van der Waals surface area contributed by atoms with Crippen LogP contribution in [0.1, 0.15) is 11.1 Å². The Bertz CT molecular complexity index is 1060. The first-order chi connectivity index (χ1) is 15.6. The molecule has 2 aromatic rings. The fourth-order valence-electron chi connectivity index (χ4n) is 4.04. The number of morpholine rings is 1. The van der Waals surface area contributed by atoms with E-state index < -0.39 is 0 Å². The second-order valence-corrected chi connectivity index (χ2v) is 7.40. The van der Waals surface area contributed by atoms with E-state index in [1.807, 2.05) is 29.2 Å². The van der Waals surface area contributed by atoms with Gasteiger partial charge in [0.2, 0.25) is 0 Å². The van der Waals surface area contributed by atoms with Gasteiger partial charge in [-0.15, -0.1) is 0 Å². The molecule has 32 heavy (non-hydrogen) atoms. The van der Waals surface area contributed by atoms with E-state index in [-0.39, 0.29) is 18.4 Å². The molecule has 0 aliphatic carbocycles. The molecule has 168 valence electrons. The molecule has 2 heterocycles. The lowest BCUT2D eigenvalue weighted by Crippen LogP contribution is -2.40. The molecular formula is C24H26N2O6. The van der Waals surface area contributed by atoms with E-state index in [2.05, 4.69) is 0 Å². The number of methoxy groups -OCH3 is 3. The normalized spacial score (nSPS) is 16.6. The van der Waals surface area contributed by atoms with E-state index in [0.29, 0.717) is 60.4 Å². The van der Waals surface area contributed by atoms with Gasteiger partial charge in [0.05, 0.1) is 46.7 Å². The molecule has 1 fully saturated rings. The number of carbonyl (C=O) groups excluding carboxylic acids is 2. The minimum absolute atomic E-state index is 0.117. The van der Waals surface area contributed by atoms with Crippen molar-refractivity contribution >= 4 is 17.4 Å². The summed E-state index contributed by atoms with van der Waals surface area (Å²) in [6, 6.07) is 12.6. The van der Waals surface area contributed by atoms with Crippen molar-refractivity contribution in [2.24, 2.45) is 0 Å². The molecule has 0 atom stereocenters. The molecule has 0 spiro atoms. The van der Waals surface area contributed by atoms with E-state index in [1.54, 1.807) is 32.4 Å². The minimum Gasteiger partial charge on any atom is -0.496 e. The van der Waals surface area contributed by atoms with Crippen molar-refractivity contribution in [1.82, 2.24) is 9.80 Å². The molecule has 2 amide bonds. The lowest BCUT2D eigenvalue weighted by molar-refractivity contribution is -0.138. The number of imide groups is 1. The van der Waals surface area contributed by atoms with Crippen LogP contribution in [0.15, 0.2) is 48.2 Å². The summed E-state index contributed by atoms with van der Waals surface area (Å²) in [5, 5.41) is 0. The Balaban J connectivity index is 1.77.